The first-order chi connectivity index (χ1) is 22.8. The van der Waals surface area contributed by atoms with E-state index in [4.69, 9.17) is 0 Å². The van der Waals surface area contributed by atoms with Crippen LogP contribution in [0.2, 0.25) is 0 Å². The second-order valence-electron chi connectivity index (χ2n) is 12.1. The average Bonchev–Trinajstić information content (AvgIpc) is 3.13. The van der Waals surface area contributed by atoms with Gasteiger partial charge in [0.05, 0.1) is 0 Å². The van der Waals surface area contributed by atoms with E-state index >= 15 is 0 Å². The van der Waals surface area contributed by atoms with Gasteiger partial charge in [-0.05, 0) is 93.7 Å². The lowest BCUT2D eigenvalue weighted by molar-refractivity contribution is 1.61. The van der Waals surface area contributed by atoms with Crippen LogP contribution in [-0.4, -0.2) is 0 Å². The fourth-order valence-corrected chi connectivity index (χ4v) is 7.24. The third-order valence-corrected chi connectivity index (χ3v) is 9.48. The normalized spacial score (nSPS) is 11.5. The average molecular weight is 583 g/mol. The van der Waals surface area contributed by atoms with Crippen LogP contribution in [0, 0.1) is 0 Å². The second-order valence-corrected chi connectivity index (χ2v) is 12.1. The predicted molar refractivity (Wildman–Crippen MR) is 198 cm³/mol. The molecule has 0 amide bonds. The van der Waals surface area contributed by atoms with Gasteiger partial charge < -0.3 is 0 Å². The summed E-state index contributed by atoms with van der Waals surface area (Å²) in [4.78, 5) is 0. The fourth-order valence-electron chi connectivity index (χ4n) is 7.24. The smallest absolute Gasteiger partial charge is 0.00201 e. The molecule has 46 heavy (non-hydrogen) atoms. The van der Waals surface area contributed by atoms with Gasteiger partial charge in [-0.3, -0.25) is 0 Å². The maximum Gasteiger partial charge on any atom is -0.00201 e. The van der Waals surface area contributed by atoms with Gasteiger partial charge in [0.1, 0.15) is 0 Å². The summed E-state index contributed by atoms with van der Waals surface area (Å²) in [6, 6.07) is 66.6. The molecule has 0 aliphatic rings. The summed E-state index contributed by atoms with van der Waals surface area (Å²) in [6.45, 7) is 0. The van der Waals surface area contributed by atoms with Crippen LogP contribution >= 0.6 is 0 Å². The van der Waals surface area contributed by atoms with Crippen LogP contribution in [0.5, 0.6) is 0 Å². The molecule has 0 radical (unpaired) electrons. The zero-order valence-corrected chi connectivity index (χ0v) is 25.3. The van der Waals surface area contributed by atoms with Gasteiger partial charge in [-0.2, -0.15) is 0 Å². The highest BCUT2D eigenvalue weighted by atomic mass is 14.2. The van der Waals surface area contributed by atoms with Crippen molar-refractivity contribution in [3.8, 4) is 44.5 Å². The molecule has 0 fully saturated rings. The molecule has 9 rings (SSSR count). The van der Waals surface area contributed by atoms with Crippen molar-refractivity contribution < 1.29 is 0 Å². The third kappa shape index (κ3) is 4.38. The molecule has 0 spiro atoms. The van der Waals surface area contributed by atoms with Crippen LogP contribution in [0.15, 0.2) is 182 Å². The van der Waals surface area contributed by atoms with Crippen molar-refractivity contribution in [2.75, 3.05) is 0 Å². The summed E-state index contributed by atoms with van der Waals surface area (Å²) >= 11 is 0. The number of fused-ring (bicyclic) bond motifs is 4. The molecule has 214 valence electrons. The molecule has 0 saturated heterocycles. The van der Waals surface area contributed by atoms with Gasteiger partial charge in [-0.15, -0.1) is 0 Å². The Morgan fingerprint density at radius 3 is 1.37 bits per heavy atom. The molecule has 0 N–H and O–H groups in total. The van der Waals surface area contributed by atoms with Crippen molar-refractivity contribution in [2.45, 2.75) is 0 Å². The summed E-state index contributed by atoms with van der Waals surface area (Å²) in [5.41, 5.74) is 9.95. The van der Waals surface area contributed by atoms with Crippen molar-refractivity contribution in [1.29, 1.82) is 0 Å². The Hall–Kier alpha value is -5.98. The highest BCUT2D eigenvalue weighted by molar-refractivity contribution is 6.17. The van der Waals surface area contributed by atoms with Gasteiger partial charge in [-0.1, -0.05) is 176 Å². The third-order valence-electron chi connectivity index (χ3n) is 9.48. The summed E-state index contributed by atoms with van der Waals surface area (Å²) in [7, 11) is 0. The molecular weight excluding hydrogens is 553 g/mol. The summed E-state index contributed by atoms with van der Waals surface area (Å²) in [6.07, 6.45) is 0. The molecule has 0 aliphatic heterocycles. The number of benzene rings is 9. The quantitative estimate of drug-likeness (QED) is 0.194. The Balaban J connectivity index is 1.27. The first kappa shape index (κ1) is 26.4. The first-order valence-electron chi connectivity index (χ1n) is 15.9. The Morgan fingerprint density at radius 2 is 0.674 bits per heavy atom. The minimum Gasteiger partial charge on any atom is -0.0616 e. The Bertz CT molecular complexity index is 2470. The molecule has 9 aromatic rings. The van der Waals surface area contributed by atoms with E-state index in [9.17, 15) is 0 Å². The van der Waals surface area contributed by atoms with E-state index in [2.05, 4.69) is 182 Å². The second kappa shape index (κ2) is 10.9. The zero-order valence-electron chi connectivity index (χ0n) is 25.3. The summed E-state index contributed by atoms with van der Waals surface area (Å²) in [5.74, 6) is 0. The van der Waals surface area contributed by atoms with Crippen LogP contribution < -0.4 is 0 Å². The lowest BCUT2D eigenvalue weighted by Crippen LogP contribution is -1.91. The largest absolute Gasteiger partial charge is 0.0616 e. The molecular formula is C46H30. The standard InChI is InChI=1S/C46H30/c1-2-13-36-30-37(27-24-31(36)10-1)32-22-25-35(26-23-32)40-28-29-45(42-19-8-15-34-12-4-6-17-39(34)42)46-43(40)20-9-21-44(46)41-18-7-14-33-11-3-5-16-38(33)41/h1-30H. The summed E-state index contributed by atoms with van der Waals surface area (Å²) in [5, 5.41) is 10.1. The van der Waals surface area contributed by atoms with Gasteiger partial charge >= 0.3 is 0 Å². The Labute approximate surface area is 268 Å². The van der Waals surface area contributed by atoms with E-state index in [1.807, 2.05) is 0 Å². The highest BCUT2D eigenvalue weighted by Gasteiger charge is 2.17. The van der Waals surface area contributed by atoms with E-state index in [-0.39, 0.29) is 0 Å². The molecule has 0 atom stereocenters. The zero-order chi connectivity index (χ0) is 30.5. The molecule has 0 heterocycles. The van der Waals surface area contributed by atoms with Gasteiger partial charge in [0.25, 0.3) is 0 Å². The fraction of sp³-hybridized carbons (Fsp3) is 0. The van der Waals surface area contributed by atoms with Gasteiger partial charge in [-0.25, -0.2) is 0 Å². The predicted octanol–water partition coefficient (Wildman–Crippen LogP) is 13.0. The first-order valence-corrected chi connectivity index (χ1v) is 15.9. The van der Waals surface area contributed by atoms with Gasteiger partial charge in [0.15, 0.2) is 0 Å². The van der Waals surface area contributed by atoms with Crippen LogP contribution in [0.1, 0.15) is 0 Å². The Morgan fingerprint density at radius 1 is 0.217 bits per heavy atom. The number of hydrogen-bond donors (Lipinski definition) is 0. The molecule has 0 bridgehead atoms. The Kier molecular flexibility index (Phi) is 6.25. The maximum absolute atomic E-state index is 2.34. The SMILES string of the molecule is c1ccc2cc(-c3ccc(-c4ccc(-c5cccc6ccccc56)c5c(-c6cccc7ccccc67)cccc45)cc3)ccc2c1. The number of rotatable bonds is 4. The van der Waals surface area contributed by atoms with Crippen LogP contribution in [0.4, 0.5) is 0 Å². The van der Waals surface area contributed by atoms with Crippen molar-refractivity contribution in [1.82, 2.24) is 0 Å². The van der Waals surface area contributed by atoms with Crippen molar-refractivity contribution in [3.63, 3.8) is 0 Å². The topological polar surface area (TPSA) is 0 Å². The van der Waals surface area contributed by atoms with Crippen LogP contribution in [0.3, 0.4) is 0 Å². The molecule has 0 nitrogen and oxygen atoms in total. The molecule has 0 heteroatoms. The minimum atomic E-state index is 1.22. The molecule has 0 unspecified atom stereocenters. The lowest BCUT2D eigenvalue weighted by atomic mass is 9.85. The lowest BCUT2D eigenvalue weighted by Gasteiger charge is -2.18. The molecule has 0 aliphatic carbocycles. The molecule has 0 saturated carbocycles. The highest BCUT2D eigenvalue weighted by Crippen LogP contribution is 2.44. The molecule has 9 aromatic carbocycles. The number of hydrogen-bond acceptors (Lipinski definition) is 0. The maximum atomic E-state index is 2.34. The van der Waals surface area contributed by atoms with Crippen molar-refractivity contribution in [2.24, 2.45) is 0 Å². The van der Waals surface area contributed by atoms with Gasteiger partial charge in [0, 0.05) is 0 Å². The van der Waals surface area contributed by atoms with E-state index in [1.54, 1.807) is 0 Å². The van der Waals surface area contributed by atoms with Crippen molar-refractivity contribution in [3.05, 3.63) is 182 Å². The van der Waals surface area contributed by atoms with Gasteiger partial charge in [0.2, 0.25) is 0 Å². The molecule has 0 aromatic heterocycles. The van der Waals surface area contributed by atoms with E-state index < -0.39 is 0 Å². The summed E-state index contributed by atoms with van der Waals surface area (Å²) < 4.78 is 0. The van der Waals surface area contributed by atoms with E-state index in [1.165, 1.54) is 87.6 Å². The minimum absolute atomic E-state index is 1.22. The van der Waals surface area contributed by atoms with E-state index in [0.29, 0.717) is 0 Å². The van der Waals surface area contributed by atoms with Crippen LogP contribution in [-0.2, 0) is 0 Å². The van der Waals surface area contributed by atoms with E-state index in [0.717, 1.165) is 0 Å². The monoisotopic (exact) mass is 582 g/mol. The van der Waals surface area contributed by atoms with Crippen molar-refractivity contribution >= 4 is 43.1 Å². The van der Waals surface area contributed by atoms with Crippen LogP contribution in [0.25, 0.3) is 87.6 Å².